The molecule has 1 saturated heterocycles. The Balaban J connectivity index is 1.82. The fourth-order valence-electron chi connectivity index (χ4n) is 3.88. The average molecular weight is 381 g/mol. The van der Waals surface area contributed by atoms with Crippen LogP contribution in [0.4, 0.5) is 0 Å². The summed E-state index contributed by atoms with van der Waals surface area (Å²) < 4.78 is 5.14. The van der Waals surface area contributed by atoms with Crippen LogP contribution in [0.1, 0.15) is 117 Å². The standard InChI is InChI=1S/C24H44O3/c1-3-5-6-7-8-9-10-11-12-13-14-15-16-17-18-19-21(25)20-23-22(4-2)24(26)27-23/h11-12,21-23,25H,3-10,13-20H2,1-2H3/b12-11-/t21-,22-,23-/m0/s1. The molecular weight excluding hydrogens is 336 g/mol. The molecule has 0 aromatic rings. The first-order chi connectivity index (χ1) is 13.2. The molecular formula is C24H44O3. The summed E-state index contributed by atoms with van der Waals surface area (Å²) in [5.41, 5.74) is 0. The molecule has 3 nitrogen and oxygen atoms in total. The summed E-state index contributed by atoms with van der Waals surface area (Å²) in [6.45, 7) is 4.28. The summed E-state index contributed by atoms with van der Waals surface area (Å²) in [7, 11) is 0. The molecule has 0 unspecified atom stereocenters. The van der Waals surface area contributed by atoms with Crippen LogP contribution in [0, 0.1) is 5.92 Å². The van der Waals surface area contributed by atoms with Crippen LogP contribution in [0.2, 0.25) is 0 Å². The fraction of sp³-hybridized carbons (Fsp3) is 0.875. The van der Waals surface area contributed by atoms with Gasteiger partial charge in [0.25, 0.3) is 0 Å². The van der Waals surface area contributed by atoms with Crippen molar-refractivity contribution in [3.63, 3.8) is 0 Å². The van der Waals surface area contributed by atoms with Gasteiger partial charge in [-0.05, 0) is 38.5 Å². The number of esters is 1. The second-order valence-corrected chi connectivity index (χ2v) is 8.25. The zero-order chi connectivity index (χ0) is 19.7. The van der Waals surface area contributed by atoms with E-state index in [-0.39, 0.29) is 24.1 Å². The molecule has 3 atom stereocenters. The van der Waals surface area contributed by atoms with Gasteiger partial charge in [0.2, 0.25) is 0 Å². The summed E-state index contributed by atoms with van der Waals surface area (Å²) in [4.78, 5) is 11.3. The SMILES string of the molecule is CCCCCCCC/C=C\CCCCCCC[C@H](O)C[C@@H]1OC(=O)[C@H]1CC. The van der Waals surface area contributed by atoms with E-state index in [1.165, 1.54) is 77.0 Å². The predicted octanol–water partition coefficient (Wildman–Crippen LogP) is 6.73. The van der Waals surface area contributed by atoms with Crippen LogP contribution in [0.5, 0.6) is 0 Å². The van der Waals surface area contributed by atoms with Gasteiger partial charge < -0.3 is 9.84 Å². The van der Waals surface area contributed by atoms with Gasteiger partial charge in [-0.3, -0.25) is 4.79 Å². The van der Waals surface area contributed by atoms with E-state index in [1.54, 1.807) is 0 Å². The van der Waals surface area contributed by atoms with Crippen molar-refractivity contribution < 1.29 is 14.6 Å². The van der Waals surface area contributed by atoms with E-state index in [0.29, 0.717) is 6.42 Å². The van der Waals surface area contributed by atoms with Crippen LogP contribution in [-0.2, 0) is 9.53 Å². The highest BCUT2D eigenvalue weighted by atomic mass is 16.6. The maximum atomic E-state index is 11.3. The molecule has 0 spiro atoms. The maximum absolute atomic E-state index is 11.3. The number of unbranched alkanes of at least 4 members (excludes halogenated alkanes) is 11. The second kappa shape index (κ2) is 16.2. The Morgan fingerprint density at radius 3 is 2.00 bits per heavy atom. The third-order valence-corrected chi connectivity index (χ3v) is 5.76. The highest BCUT2D eigenvalue weighted by molar-refractivity contribution is 5.78. The molecule has 1 aliphatic rings. The van der Waals surface area contributed by atoms with Gasteiger partial charge in [0.05, 0.1) is 12.0 Å². The van der Waals surface area contributed by atoms with E-state index in [9.17, 15) is 9.90 Å². The third kappa shape index (κ3) is 11.6. The minimum absolute atomic E-state index is 0.0220. The van der Waals surface area contributed by atoms with Gasteiger partial charge in [-0.2, -0.15) is 0 Å². The van der Waals surface area contributed by atoms with Gasteiger partial charge in [0.1, 0.15) is 6.10 Å². The molecule has 3 heteroatoms. The lowest BCUT2D eigenvalue weighted by Gasteiger charge is -2.35. The number of ether oxygens (including phenoxy) is 1. The number of hydrogen-bond acceptors (Lipinski definition) is 3. The lowest BCUT2D eigenvalue weighted by molar-refractivity contribution is -0.188. The Labute approximate surface area is 168 Å². The molecule has 0 radical (unpaired) electrons. The van der Waals surface area contributed by atoms with E-state index < -0.39 is 0 Å². The Kier molecular flexibility index (Phi) is 14.5. The molecule has 0 aromatic heterocycles. The molecule has 0 saturated carbocycles. The van der Waals surface area contributed by atoms with Gasteiger partial charge in [-0.25, -0.2) is 0 Å². The number of aliphatic hydroxyl groups excluding tert-OH is 1. The van der Waals surface area contributed by atoms with Crippen molar-refractivity contribution in [3.05, 3.63) is 12.2 Å². The van der Waals surface area contributed by atoms with Gasteiger partial charge in [0.15, 0.2) is 0 Å². The zero-order valence-electron chi connectivity index (χ0n) is 18.0. The summed E-state index contributed by atoms with van der Waals surface area (Å²) in [5, 5.41) is 10.1. The Bertz CT molecular complexity index is 391. The minimum Gasteiger partial charge on any atom is -0.461 e. The Morgan fingerprint density at radius 2 is 1.44 bits per heavy atom. The molecule has 1 heterocycles. The molecule has 1 rings (SSSR count). The van der Waals surface area contributed by atoms with E-state index in [2.05, 4.69) is 19.1 Å². The number of carbonyl (C=O) groups is 1. The van der Waals surface area contributed by atoms with E-state index in [4.69, 9.17) is 4.74 Å². The lowest BCUT2D eigenvalue weighted by atomic mass is 9.89. The quantitative estimate of drug-likeness (QED) is 0.163. The molecule has 0 bridgehead atoms. The van der Waals surface area contributed by atoms with E-state index in [1.807, 2.05) is 6.92 Å². The zero-order valence-corrected chi connectivity index (χ0v) is 18.0. The number of allylic oxidation sites excluding steroid dienone is 2. The molecule has 1 aliphatic heterocycles. The van der Waals surface area contributed by atoms with Crippen molar-refractivity contribution >= 4 is 5.97 Å². The second-order valence-electron chi connectivity index (χ2n) is 8.25. The van der Waals surface area contributed by atoms with Crippen molar-refractivity contribution in [1.29, 1.82) is 0 Å². The van der Waals surface area contributed by atoms with Gasteiger partial charge >= 0.3 is 5.97 Å². The lowest BCUT2D eigenvalue weighted by Crippen LogP contribution is -2.46. The van der Waals surface area contributed by atoms with Crippen LogP contribution in [0.3, 0.4) is 0 Å². The highest BCUT2D eigenvalue weighted by Gasteiger charge is 2.41. The topological polar surface area (TPSA) is 46.5 Å². The summed E-state index contributed by atoms with van der Waals surface area (Å²) in [6, 6.07) is 0. The number of aliphatic hydroxyl groups is 1. The number of carbonyl (C=O) groups excluding carboxylic acids is 1. The largest absolute Gasteiger partial charge is 0.461 e. The monoisotopic (exact) mass is 380 g/mol. The molecule has 27 heavy (non-hydrogen) atoms. The van der Waals surface area contributed by atoms with Gasteiger partial charge in [-0.1, -0.05) is 83.8 Å². The summed E-state index contributed by atoms with van der Waals surface area (Å²) >= 11 is 0. The fourth-order valence-corrected chi connectivity index (χ4v) is 3.88. The van der Waals surface area contributed by atoms with Crippen LogP contribution in [-0.4, -0.2) is 23.3 Å². The van der Waals surface area contributed by atoms with Gasteiger partial charge in [-0.15, -0.1) is 0 Å². The summed E-state index contributed by atoms with van der Waals surface area (Å²) in [5.74, 6) is -0.0653. The number of hydrogen-bond donors (Lipinski definition) is 1. The van der Waals surface area contributed by atoms with Crippen LogP contribution < -0.4 is 0 Å². The molecule has 1 N–H and O–H groups in total. The first-order valence-corrected chi connectivity index (χ1v) is 11.7. The molecule has 0 aliphatic carbocycles. The molecule has 0 aromatic carbocycles. The third-order valence-electron chi connectivity index (χ3n) is 5.76. The first-order valence-electron chi connectivity index (χ1n) is 11.7. The Hall–Kier alpha value is -0.830. The highest BCUT2D eigenvalue weighted by Crippen LogP contribution is 2.29. The number of cyclic esters (lactones) is 1. The van der Waals surface area contributed by atoms with Gasteiger partial charge in [0, 0.05) is 6.42 Å². The number of rotatable bonds is 18. The Morgan fingerprint density at radius 1 is 0.889 bits per heavy atom. The van der Waals surface area contributed by atoms with Crippen LogP contribution >= 0.6 is 0 Å². The predicted molar refractivity (Wildman–Crippen MR) is 114 cm³/mol. The molecule has 0 amide bonds. The molecule has 1 fully saturated rings. The maximum Gasteiger partial charge on any atom is 0.313 e. The smallest absolute Gasteiger partial charge is 0.313 e. The minimum atomic E-state index is -0.318. The average Bonchev–Trinajstić information content (AvgIpc) is 2.64. The van der Waals surface area contributed by atoms with Crippen LogP contribution in [0.25, 0.3) is 0 Å². The van der Waals surface area contributed by atoms with Crippen molar-refractivity contribution in [3.8, 4) is 0 Å². The van der Waals surface area contributed by atoms with Crippen LogP contribution in [0.15, 0.2) is 12.2 Å². The van der Waals surface area contributed by atoms with E-state index >= 15 is 0 Å². The summed E-state index contributed by atoms with van der Waals surface area (Å²) in [6.07, 6.45) is 23.5. The molecule has 158 valence electrons. The van der Waals surface area contributed by atoms with Crippen molar-refractivity contribution in [2.75, 3.05) is 0 Å². The van der Waals surface area contributed by atoms with Crippen molar-refractivity contribution in [2.24, 2.45) is 5.92 Å². The van der Waals surface area contributed by atoms with Crippen molar-refractivity contribution in [1.82, 2.24) is 0 Å². The first kappa shape index (κ1) is 24.2. The van der Waals surface area contributed by atoms with Crippen molar-refractivity contribution in [2.45, 2.75) is 129 Å². The normalized spacial score (nSPS) is 20.6. The van der Waals surface area contributed by atoms with E-state index in [0.717, 1.165) is 19.3 Å².